The van der Waals surface area contributed by atoms with Crippen molar-refractivity contribution in [1.29, 1.82) is 0 Å². The van der Waals surface area contributed by atoms with Crippen LogP contribution in [-0.2, 0) is 20.0 Å². The lowest BCUT2D eigenvalue weighted by atomic mass is 10.1. The Morgan fingerprint density at radius 2 is 1.90 bits per heavy atom. The van der Waals surface area contributed by atoms with Crippen LogP contribution in [-0.4, -0.2) is 33.8 Å². The molecule has 0 amide bonds. The molecule has 7 nitrogen and oxygen atoms in total. The van der Waals surface area contributed by atoms with Gasteiger partial charge in [-0.1, -0.05) is 24.3 Å². The molecule has 2 N–H and O–H groups in total. The molecule has 0 aliphatic rings. The van der Waals surface area contributed by atoms with Crippen LogP contribution in [0.5, 0.6) is 11.5 Å². The second kappa shape index (κ2) is 12.2. The van der Waals surface area contributed by atoms with Crippen molar-refractivity contribution in [2.75, 3.05) is 13.1 Å². The Kier molecular flexibility index (Phi) is 9.70. The van der Waals surface area contributed by atoms with Crippen LogP contribution >= 0.6 is 24.0 Å². The largest absolute Gasteiger partial charge is 0.454 e. The van der Waals surface area contributed by atoms with E-state index in [1.165, 1.54) is 6.07 Å². The second-order valence-electron chi connectivity index (χ2n) is 6.77. The van der Waals surface area contributed by atoms with E-state index in [0.29, 0.717) is 31.2 Å². The van der Waals surface area contributed by atoms with E-state index in [4.69, 9.17) is 4.74 Å². The molecule has 0 bridgehead atoms. The zero-order valence-corrected chi connectivity index (χ0v) is 20.3. The summed E-state index contributed by atoms with van der Waals surface area (Å²) in [5.74, 6) is 2.76. The van der Waals surface area contributed by atoms with Crippen molar-refractivity contribution in [3.8, 4) is 11.5 Å². The molecule has 1 aromatic heterocycles. The molecule has 3 rings (SSSR count). The number of aliphatic imine (C=N–C) groups is 1. The molecule has 1 heterocycles. The van der Waals surface area contributed by atoms with Crippen LogP contribution < -0.4 is 15.4 Å². The quantitative estimate of drug-likeness (QED) is 0.258. The fraction of sp³-hybridized carbons (Fsp3) is 0.318. The summed E-state index contributed by atoms with van der Waals surface area (Å²) in [6.07, 6.45) is 0.649. The molecule has 0 atom stereocenters. The molecule has 2 aromatic carbocycles. The zero-order valence-electron chi connectivity index (χ0n) is 17.9. The maximum atomic E-state index is 14.4. The minimum Gasteiger partial charge on any atom is -0.454 e. The first kappa shape index (κ1) is 24.6. The van der Waals surface area contributed by atoms with Gasteiger partial charge in [-0.25, -0.2) is 9.38 Å². The van der Waals surface area contributed by atoms with E-state index in [2.05, 4.69) is 25.8 Å². The number of nitrogens with one attached hydrogen (secondary N) is 2. The fourth-order valence-corrected chi connectivity index (χ4v) is 2.80. The van der Waals surface area contributed by atoms with Crippen LogP contribution in [0.2, 0.25) is 0 Å². The van der Waals surface area contributed by atoms with E-state index < -0.39 is 0 Å². The van der Waals surface area contributed by atoms with E-state index >= 15 is 0 Å². The molecule has 9 heteroatoms. The highest BCUT2D eigenvalue weighted by atomic mass is 127. The van der Waals surface area contributed by atoms with Gasteiger partial charge in [0.05, 0.1) is 0 Å². The SMILES string of the molecule is CCNC(=NCc1nnc(C)n1C)NCCc1ccc(Oc2ccccc2)c(F)c1.I. The maximum Gasteiger partial charge on any atom is 0.191 e. The third-order valence-electron chi connectivity index (χ3n) is 4.58. The smallest absolute Gasteiger partial charge is 0.191 e. The molecule has 0 unspecified atom stereocenters. The number of benzene rings is 2. The monoisotopic (exact) mass is 538 g/mol. The van der Waals surface area contributed by atoms with Gasteiger partial charge in [0.15, 0.2) is 23.4 Å². The lowest BCUT2D eigenvalue weighted by Gasteiger charge is -2.12. The van der Waals surface area contributed by atoms with Crippen LogP contribution in [0.3, 0.4) is 0 Å². The minimum absolute atomic E-state index is 0. The highest BCUT2D eigenvalue weighted by molar-refractivity contribution is 14.0. The zero-order chi connectivity index (χ0) is 21.3. The number of aryl methyl sites for hydroxylation is 1. The summed E-state index contributed by atoms with van der Waals surface area (Å²) < 4.78 is 21.9. The Balaban J connectivity index is 0.00000341. The Labute approximate surface area is 199 Å². The molecule has 0 aliphatic carbocycles. The molecule has 0 spiro atoms. The van der Waals surface area contributed by atoms with Gasteiger partial charge in [0, 0.05) is 20.1 Å². The molecule has 0 saturated carbocycles. The number of nitrogens with zero attached hydrogens (tertiary/aromatic N) is 4. The lowest BCUT2D eigenvalue weighted by molar-refractivity contribution is 0.441. The summed E-state index contributed by atoms with van der Waals surface area (Å²) in [4.78, 5) is 4.54. The Morgan fingerprint density at radius 1 is 1.13 bits per heavy atom. The highest BCUT2D eigenvalue weighted by Crippen LogP contribution is 2.24. The van der Waals surface area contributed by atoms with Crippen molar-refractivity contribution < 1.29 is 9.13 Å². The molecule has 31 heavy (non-hydrogen) atoms. The van der Waals surface area contributed by atoms with Gasteiger partial charge in [-0.15, -0.1) is 34.2 Å². The number of rotatable bonds is 8. The summed E-state index contributed by atoms with van der Waals surface area (Å²) in [5, 5.41) is 14.6. The molecular formula is C22H28FIN6O. The predicted octanol–water partition coefficient (Wildman–Crippen LogP) is 3.97. The van der Waals surface area contributed by atoms with Crippen molar-refractivity contribution in [2.45, 2.75) is 26.8 Å². The molecule has 0 fully saturated rings. The molecule has 166 valence electrons. The van der Waals surface area contributed by atoms with Crippen molar-refractivity contribution in [3.05, 3.63) is 71.6 Å². The van der Waals surface area contributed by atoms with E-state index in [1.807, 2.05) is 49.7 Å². The molecule has 0 aliphatic heterocycles. The first-order valence-electron chi connectivity index (χ1n) is 9.95. The van der Waals surface area contributed by atoms with Crippen molar-refractivity contribution in [1.82, 2.24) is 25.4 Å². The van der Waals surface area contributed by atoms with Crippen molar-refractivity contribution in [2.24, 2.45) is 12.0 Å². The van der Waals surface area contributed by atoms with Gasteiger partial charge >= 0.3 is 0 Å². The number of hydrogen-bond acceptors (Lipinski definition) is 4. The second-order valence-corrected chi connectivity index (χ2v) is 6.77. The number of guanidine groups is 1. The molecule has 0 saturated heterocycles. The third kappa shape index (κ3) is 7.20. The van der Waals surface area contributed by atoms with Crippen LogP contribution in [0.1, 0.15) is 24.1 Å². The summed E-state index contributed by atoms with van der Waals surface area (Å²) >= 11 is 0. The fourth-order valence-electron chi connectivity index (χ4n) is 2.80. The van der Waals surface area contributed by atoms with E-state index in [-0.39, 0.29) is 35.5 Å². The molecule has 0 radical (unpaired) electrons. The van der Waals surface area contributed by atoms with E-state index in [9.17, 15) is 4.39 Å². The van der Waals surface area contributed by atoms with Gasteiger partial charge in [0.25, 0.3) is 0 Å². The molecule has 3 aromatic rings. The van der Waals surface area contributed by atoms with Gasteiger partial charge in [-0.05, 0) is 50.1 Å². The first-order chi connectivity index (χ1) is 14.6. The van der Waals surface area contributed by atoms with Gasteiger partial charge in [0.2, 0.25) is 0 Å². The summed E-state index contributed by atoms with van der Waals surface area (Å²) in [6, 6.07) is 14.2. The van der Waals surface area contributed by atoms with Gasteiger partial charge < -0.3 is 19.9 Å². The highest BCUT2D eigenvalue weighted by Gasteiger charge is 2.07. The Bertz CT molecular complexity index is 993. The van der Waals surface area contributed by atoms with E-state index in [0.717, 1.165) is 23.8 Å². The normalized spacial score (nSPS) is 11.0. The molecular weight excluding hydrogens is 510 g/mol. The maximum absolute atomic E-state index is 14.4. The minimum atomic E-state index is -0.380. The average Bonchev–Trinajstić information content (AvgIpc) is 3.07. The van der Waals surface area contributed by atoms with Crippen molar-refractivity contribution >= 4 is 29.9 Å². The predicted molar refractivity (Wildman–Crippen MR) is 131 cm³/mol. The summed E-state index contributed by atoms with van der Waals surface area (Å²) in [5.41, 5.74) is 0.875. The number of aromatic nitrogens is 3. The van der Waals surface area contributed by atoms with Gasteiger partial charge in [-0.2, -0.15) is 0 Å². The number of para-hydroxylation sites is 1. The van der Waals surface area contributed by atoms with Crippen LogP contribution in [0.25, 0.3) is 0 Å². The standard InChI is InChI=1S/C22H27FN6O.HI/c1-4-24-22(26-15-21-28-27-16(2)29(21)3)25-13-12-17-10-11-20(19(23)14-17)30-18-8-6-5-7-9-18;/h5-11,14H,4,12-13,15H2,1-3H3,(H2,24,25,26);1H. The topological polar surface area (TPSA) is 76.4 Å². The first-order valence-corrected chi connectivity index (χ1v) is 9.95. The average molecular weight is 538 g/mol. The van der Waals surface area contributed by atoms with Crippen LogP contribution in [0.15, 0.2) is 53.5 Å². The van der Waals surface area contributed by atoms with Crippen molar-refractivity contribution in [3.63, 3.8) is 0 Å². The van der Waals surface area contributed by atoms with Gasteiger partial charge in [0.1, 0.15) is 18.1 Å². The van der Waals surface area contributed by atoms with E-state index in [1.54, 1.807) is 18.2 Å². The Morgan fingerprint density at radius 3 is 2.55 bits per heavy atom. The Hall–Kier alpha value is -2.69. The summed E-state index contributed by atoms with van der Waals surface area (Å²) in [7, 11) is 1.92. The number of hydrogen-bond donors (Lipinski definition) is 2. The lowest BCUT2D eigenvalue weighted by Crippen LogP contribution is -2.38. The number of ether oxygens (including phenoxy) is 1. The number of halogens is 2. The van der Waals surface area contributed by atoms with Crippen LogP contribution in [0, 0.1) is 12.7 Å². The van der Waals surface area contributed by atoms with Gasteiger partial charge in [-0.3, -0.25) is 0 Å². The summed E-state index contributed by atoms with van der Waals surface area (Å²) in [6.45, 7) is 5.68. The third-order valence-corrected chi connectivity index (χ3v) is 4.58. The van der Waals surface area contributed by atoms with Crippen LogP contribution in [0.4, 0.5) is 4.39 Å².